The molecule has 150 valence electrons. The van der Waals surface area contributed by atoms with Crippen molar-refractivity contribution in [3.63, 3.8) is 0 Å². The fourth-order valence-electron chi connectivity index (χ4n) is 4.48. The van der Waals surface area contributed by atoms with E-state index in [0.717, 1.165) is 19.3 Å². The van der Waals surface area contributed by atoms with Gasteiger partial charge in [0.15, 0.2) is 0 Å². The number of fused-ring (bicyclic) bond motifs is 1. The Hall–Kier alpha value is -1.44. The molecule has 7 heteroatoms. The molecule has 1 amide bonds. The molecule has 27 heavy (non-hydrogen) atoms. The number of likely N-dealkylation sites (tertiary alicyclic amines) is 1. The third-order valence-corrected chi connectivity index (χ3v) is 7.27. The Labute approximate surface area is 162 Å². The van der Waals surface area contributed by atoms with Crippen molar-refractivity contribution < 1.29 is 17.9 Å². The first-order valence-electron chi connectivity index (χ1n) is 9.60. The van der Waals surface area contributed by atoms with Gasteiger partial charge in [-0.2, -0.15) is 0 Å². The van der Waals surface area contributed by atoms with E-state index in [0.29, 0.717) is 39.2 Å². The molecule has 0 N–H and O–H groups in total. The molecule has 6 nitrogen and oxygen atoms in total. The zero-order valence-electron chi connectivity index (χ0n) is 16.3. The number of benzene rings is 1. The van der Waals surface area contributed by atoms with Crippen LogP contribution in [0.25, 0.3) is 0 Å². The zero-order chi connectivity index (χ0) is 19.5. The topological polar surface area (TPSA) is 66.9 Å². The molecule has 2 heterocycles. The first-order valence-corrected chi connectivity index (χ1v) is 11.4. The number of ether oxygens (including phenoxy) is 1. The minimum Gasteiger partial charge on any atom is -0.384 e. The van der Waals surface area contributed by atoms with Gasteiger partial charge in [0, 0.05) is 45.1 Å². The van der Waals surface area contributed by atoms with Crippen molar-refractivity contribution in [3.05, 3.63) is 35.9 Å². The molecule has 0 spiro atoms. The van der Waals surface area contributed by atoms with Gasteiger partial charge in [-0.05, 0) is 30.7 Å². The van der Waals surface area contributed by atoms with E-state index < -0.39 is 10.0 Å². The quantitative estimate of drug-likeness (QED) is 0.707. The maximum atomic E-state index is 12.7. The third-order valence-electron chi connectivity index (χ3n) is 6.05. The van der Waals surface area contributed by atoms with Crippen molar-refractivity contribution in [2.75, 3.05) is 46.2 Å². The predicted molar refractivity (Wildman–Crippen MR) is 105 cm³/mol. The van der Waals surface area contributed by atoms with Crippen LogP contribution in [-0.2, 0) is 26.0 Å². The van der Waals surface area contributed by atoms with E-state index in [-0.39, 0.29) is 17.2 Å². The Bertz CT molecular complexity index is 753. The molecule has 2 aliphatic heterocycles. The lowest BCUT2D eigenvalue weighted by Gasteiger charge is -2.43. The van der Waals surface area contributed by atoms with Crippen molar-refractivity contribution in [2.24, 2.45) is 11.3 Å². The summed E-state index contributed by atoms with van der Waals surface area (Å²) in [4.78, 5) is 14.6. The predicted octanol–water partition coefficient (Wildman–Crippen LogP) is 1.77. The molecule has 0 aliphatic carbocycles. The molecular formula is C20H30N2O4S. The standard InChI is InChI=1S/C20H30N2O4S/c1-26-16-20-11-12-21(13-18(20)14-22(15-20)27(2,24)25)19(23)10-6-9-17-7-4-3-5-8-17/h3-5,7-8,18H,6,9-16H2,1-2H3. The van der Waals surface area contributed by atoms with Gasteiger partial charge in [0.1, 0.15) is 0 Å². The maximum absolute atomic E-state index is 12.7. The number of sulfonamides is 1. The largest absolute Gasteiger partial charge is 0.384 e. The van der Waals surface area contributed by atoms with Crippen LogP contribution in [0.2, 0.25) is 0 Å². The van der Waals surface area contributed by atoms with Gasteiger partial charge in [0.2, 0.25) is 15.9 Å². The van der Waals surface area contributed by atoms with Crippen molar-refractivity contribution in [2.45, 2.75) is 25.7 Å². The van der Waals surface area contributed by atoms with Gasteiger partial charge in [-0.15, -0.1) is 0 Å². The van der Waals surface area contributed by atoms with E-state index in [1.807, 2.05) is 23.1 Å². The Morgan fingerprint density at radius 3 is 2.67 bits per heavy atom. The molecule has 3 rings (SSSR count). The highest BCUT2D eigenvalue weighted by atomic mass is 32.2. The number of nitrogens with zero attached hydrogens (tertiary/aromatic N) is 2. The smallest absolute Gasteiger partial charge is 0.222 e. The van der Waals surface area contributed by atoms with E-state index in [9.17, 15) is 13.2 Å². The summed E-state index contributed by atoms with van der Waals surface area (Å²) in [6, 6.07) is 10.2. The monoisotopic (exact) mass is 394 g/mol. The molecule has 0 bridgehead atoms. The second-order valence-electron chi connectivity index (χ2n) is 7.98. The van der Waals surface area contributed by atoms with E-state index >= 15 is 0 Å². The SMILES string of the molecule is COCC12CCN(C(=O)CCCc3ccccc3)CC1CN(S(C)(=O)=O)C2. The number of piperidine rings is 1. The molecule has 1 aromatic carbocycles. The Morgan fingerprint density at radius 1 is 1.26 bits per heavy atom. The summed E-state index contributed by atoms with van der Waals surface area (Å²) in [7, 11) is -1.56. The first-order chi connectivity index (χ1) is 12.8. The lowest BCUT2D eigenvalue weighted by atomic mass is 9.73. The second-order valence-corrected chi connectivity index (χ2v) is 9.96. The van der Waals surface area contributed by atoms with E-state index in [4.69, 9.17) is 4.74 Å². The summed E-state index contributed by atoms with van der Waals surface area (Å²) in [5.41, 5.74) is 1.08. The van der Waals surface area contributed by atoms with Crippen LogP contribution in [0, 0.1) is 11.3 Å². The molecule has 2 fully saturated rings. The van der Waals surface area contributed by atoms with Crippen LogP contribution >= 0.6 is 0 Å². The summed E-state index contributed by atoms with van der Waals surface area (Å²) >= 11 is 0. The summed E-state index contributed by atoms with van der Waals surface area (Å²) < 4.78 is 31.0. The molecule has 1 aromatic rings. The van der Waals surface area contributed by atoms with Crippen LogP contribution in [0.3, 0.4) is 0 Å². The number of methoxy groups -OCH3 is 1. The fraction of sp³-hybridized carbons (Fsp3) is 0.650. The van der Waals surface area contributed by atoms with Gasteiger partial charge in [0.25, 0.3) is 0 Å². The van der Waals surface area contributed by atoms with Gasteiger partial charge >= 0.3 is 0 Å². The normalized spacial score (nSPS) is 26.1. The maximum Gasteiger partial charge on any atom is 0.222 e. The van der Waals surface area contributed by atoms with Crippen LogP contribution in [0.5, 0.6) is 0 Å². The molecule has 2 unspecified atom stereocenters. The molecule has 0 saturated carbocycles. The van der Waals surface area contributed by atoms with Gasteiger partial charge in [-0.25, -0.2) is 12.7 Å². The number of carbonyl (C=O) groups is 1. The number of rotatable bonds is 7. The summed E-state index contributed by atoms with van der Waals surface area (Å²) in [6.07, 6.45) is 4.33. The summed E-state index contributed by atoms with van der Waals surface area (Å²) in [5.74, 6) is 0.314. The highest BCUT2D eigenvalue weighted by molar-refractivity contribution is 7.88. The van der Waals surface area contributed by atoms with Crippen LogP contribution in [0.4, 0.5) is 0 Å². The number of carbonyl (C=O) groups excluding carboxylic acids is 1. The van der Waals surface area contributed by atoms with Crippen LogP contribution in [0.1, 0.15) is 24.8 Å². The van der Waals surface area contributed by atoms with E-state index in [1.54, 1.807) is 11.4 Å². The molecule has 0 aromatic heterocycles. The average Bonchev–Trinajstić information content (AvgIpc) is 3.01. The molecule has 2 atom stereocenters. The molecular weight excluding hydrogens is 364 g/mol. The number of aryl methyl sites for hydroxylation is 1. The van der Waals surface area contributed by atoms with Crippen LogP contribution in [0.15, 0.2) is 30.3 Å². The molecule has 0 radical (unpaired) electrons. The minimum atomic E-state index is -3.23. The average molecular weight is 395 g/mol. The summed E-state index contributed by atoms with van der Waals surface area (Å²) in [5, 5.41) is 0. The number of hydrogen-bond acceptors (Lipinski definition) is 4. The highest BCUT2D eigenvalue weighted by Gasteiger charge is 2.52. The lowest BCUT2D eigenvalue weighted by Crippen LogP contribution is -2.50. The van der Waals surface area contributed by atoms with Crippen molar-refractivity contribution in [3.8, 4) is 0 Å². The van der Waals surface area contributed by atoms with Crippen LogP contribution < -0.4 is 0 Å². The third kappa shape index (κ3) is 4.70. The number of amides is 1. The lowest BCUT2D eigenvalue weighted by molar-refractivity contribution is -0.135. The van der Waals surface area contributed by atoms with Gasteiger partial charge in [-0.1, -0.05) is 30.3 Å². The minimum absolute atomic E-state index is 0.138. The fourth-order valence-corrected chi connectivity index (χ4v) is 5.42. The van der Waals surface area contributed by atoms with E-state index in [1.165, 1.54) is 11.8 Å². The Balaban J connectivity index is 1.58. The van der Waals surface area contributed by atoms with Gasteiger partial charge < -0.3 is 9.64 Å². The van der Waals surface area contributed by atoms with Gasteiger partial charge in [-0.3, -0.25) is 4.79 Å². The van der Waals surface area contributed by atoms with Crippen LogP contribution in [-0.4, -0.2) is 69.7 Å². The molecule has 2 saturated heterocycles. The molecule has 2 aliphatic rings. The number of hydrogen-bond donors (Lipinski definition) is 0. The van der Waals surface area contributed by atoms with Gasteiger partial charge in [0.05, 0.1) is 12.9 Å². The Morgan fingerprint density at radius 2 is 2.00 bits per heavy atom. The first kappa shape index (κ1) is 20.3. The van der Waals surface area contributed by atoms with Crippen molar-refractivity contribution in [1.82, 2.24) is 9.21 Å². The Kier molecular flexibility index (Phi) is 6.23. The second kappa shape index (κ2) is 8.29. The van der Waals surface area contributed by atoms with Crippen molar-refractivity contribution >= 4 is 15.9 Å². The highest BCUT2D eigenvalue weighted by Crippen LogP contribution is 2.44. The van der Waals surface area contributed by atoms with Crippen molar-refractivity contribution in [1.29, 1.82) is 0 Å². The zero-order valence-corrected chi connectivity index (χ0v) is 17.1. The summed E-state index contributed by atoms with van der Waals surface area (Å²) in [6.45, 7) is 2.83. The van der Waals surface area contributed by atoms with E-state index in [2.05, 4.69) is 12.1 Å².